The number of ether oxygens (including phenoxy) is 1. The van der Waals surface area contributed by atoms with E-state index in [4.69, 9.17) is 15.7 Å². The Hall–Kier alpha value is -0.630. The topological polar surface area (TPSA) is 62.3 Å². The maximum atomic E-state index is 8.92. The highest BCUT2D eigenvalue weighted by Gasteiger charge is 2.19. The number of hydrogen-bond donors (Lipinski definition) is 1. The molecule has 0 amide bonds. The third kappa shape index (κ3) is 5.49. The first-order chi connectivity index (χ1) is 8.07. The van der Waals surface area contributed by atoms with Gasteiger partial charge < -0.3 is 10.5 Å². The monoisotopic (exact) mass is 239 g/mol. The van der Waals surface area contributed by atoms with Crippen LogP contribution < -0.4 is 5.73 Å². The molecule has 1 heterocycles. The van der Waals surface area contributed by atoms with Crippen molar-refractivity contribution >= 4 is 0 Å². The SMILES string of the molecule is CC(C)(C#N)CCCCN1CCOC(CN)C1. The molecule has 0 aromatic heterocycles. The third-order valence-electron chi connectivity index (χ3n) is 3.31. The molecule has 0 aliphatic carbocycles. The van der Waals surface area contributed by atoms with Gasteiger partial charge in [0.25, 0.3) is 0 Å². The molecule has 17 heavy (non-hydrogen) atoms. The van der Waals surface area contributed by atoms with Gasteiger partial charge in [0.05, 0.1) is 24.2 Å². The minimum Gasteiger partial charge on any atom is -0.374 e. The van der Waals surface area contributed by atoms with Crippen molar-refractivity contribution in [1.82, 2.24) is 4.90 Å². The Morgan fingerprint density at radius 3 is 2.88 bits per heavy atom. The molecular weight excluding hydrogens is 214 g/mol. The summed E-state index contributed by atoms with van der Waals surface area (Å²) in [7, 11) is 0. The van der Waals surface area contributed by atoms with Gasteiger partial charge in [-0.2, -0.15) is 5.26 Å². The number of nitrogens with two attached hydrogens (primary N) is 1. The van der Waals surface area contributed by atoms with E-state index in [0.29, 0.717) is 6.54 Å². The summed E-state index contributed by atoms with van der Waals surface area (Å²) < 4.78 is 5.53. The number of hydrogen-bond acceptors (Lipinski definition) is 4. The summed E-state index contributed by atoms with van der Waals surface area (Å²) >= 11 is 0. The summed E-state index contributed by atoms with van der Waals surface area (Å²) in [5.41, 5.74) is 5.43. The predicted molar refractivity (Wildman–Crippen MR) is 68.5 cm³/mol. The van der Waals surface area contributed by atoms with Gasteiger partial charge in [0.15, 0.2) is 0 Å². The van der Waals surface area contributed by atoms with Crippen molar-refractivity contribution in [1.29, 1.82) is 5.26 Å². The van der Waals surface area contributed by atoms with Crippen LogP contribution in [0.4, 0.5) is 0 Å². The lowest BCUT2D eigenvalue weighted by molar-refractivity contribution is -0.0236. The van der Waals surface area contributed by atoms with Crippen molar-refractivity contribution in [2.24, 2.45) is 11.1 Å². The van der Waals surface area contributed by atoms with E-state index in [9.17, 15) is 0 Å². The molecule has 1 saturated heterocycles. The lowest BCUT2D eigenvalue weighted by Gasteiger charge is -2.32. The summed E-state index contributed by atoms with van der Waals surface area (Å²) in [6.07, 6.45) is 3.46. The molecule has 1 aliphatic heterocycles. The van der Waals surface area contributed by atoms with Crippen LogP contribution in [0.2, 0.25) is 0 Å². The van der Waals surface area contributed by atoms with Crippen LogP contribution in [0.5, 0.6) is 0 Å². The van der Waals surface area contributed by atoms with Crippen LogP contribution >= 0.6 is 0 Å². The number of morpholine rings is 1. The first kappa shape index (κ1) is 14.4. The van der Waals surface area contributed by atoms with Gasteiger partial charge in [-0.1, -0.05) is 6.42 Å². The van der Waals surface area contributed by atoms with Gasteiger partial charge in [-0.05, 0) is 33.2 Å². The fourth-order valence-corrected chi connectivity index (χ4v) is 2.08. The van der Waals surface area contributed by atoms with E-state index in [1.165, 1.54) is 0 Å². The average molecular weight is 239 g/mol. The highest BCUT2D eigenvalue weighted by atomic mass is 16.5. The summed E-state index contributed by atoms with van der Waals surface area (Å²) in [6, 6.07) is 2.35. The summed E-state index contributed by atoms with van der Waals surface area (Å²) in [6.45, 7) is 8.49. The minimum atomic E-state index is -0.176. The quantitative estimate of drug-likeness (QED) is 0.711. The molecule has 0 radical (unpaired) electrons. The number of unbranched alkanes of at least 4 members (excludes halogenated alkanes) is 1. The van der Waals surface area contributed by atoms with Crippen molar-refractivity contribution in [2.75, 3.05) is 32.8 Å². The normalized spacial score (nSPS) is 22.4. The number of nitrogens with zero attached hydrogens (tertiary/aromatic N) is 2. The molecule has 0 bridgehead atoms. The molecular formula is C13H25N3O. The van der Waals surface area contributed by atoms with Crippen molar-refractivity contribution in [2.45, 2.75) is 39.2 Å². The predicted octanol–water partition coefficient (Wildman–Crippen LogP) is 1.37. The molecule has 1 fully saturated rings. The van der Waals surface area contributed by atoms with Gasteiger partial charge in [0.1, 0.15) is 0 Å². The second-order valence-electron chi connectivity index (χ2n) is 5.48. The first-order valence-corrected chi connectivity index (χ1v) is 6.52. The van der Waals surface area contributed by atoms with Crippen LogP contribution in [-0.2, 0) is 4.74 Å². The molecule has 1 rings (SSSR count). The second kappa shape index (κ2) is 6.95. The molecule has 0 saturated carbocycles. The maximum Gasteiger partial charge on any atom is 0.0824 e. The molecule has 1 unspecified atom stereocenters. The zero-order valence-electron chi connectivity index (χ0n) is 11.1. The zero-order chi connectivity index (χ0) is 12.7. The standard InChI is InChI=1S/C13H25N3O/c1-13(2,11-15)5-3-4-6-16-7-8-17-12(9-14)10-16/h12H,3-10,14H2,1-2H3. The highest BCUT2D eigenvalue weighted by Crippen LogP contribution is 2.21. The summed E-state index contributed by atoms with van der Waals surface area (Å²) in [5.74, 6) is 0. The van der Waals surface area contributed by atoms with Gasteiger partial charge in [-0.25, -0.2) is 0 Å². The Labute approximate surface area is 105 Å². The van der Waals surface area contributed by atoms with Gasteiger partial charge in [0.2, 0.25) is 0 Å². The Morgan fingerprint density at radius 2 is 2.24 bits per heavy atom. The van der Waals surface area contributed by atoms with E-state index in [-0.39, 0.29) is 11.5 Å². The molecule has 1 atom stereocenters. The van der Waals surface area contributed by atoms with Gasteiger partial charge in [0, 0.05) is 19.6 Å². The smallest absolute Gasteiger partial charge is 0.0824 e. The van der Waals surface area contributed by atoms with E-state index in [2.05, 4.69) is 11.0 Å². The zero-order valence-corrected chi connectivity index (χ0v) is 11.1. The second-order valence-corrected chi connectivity index (χ2v) is 5.48. The fraction of sp³-hybridized carbons (Fsp3) is 0.923. The Kier molecular flexibility index (Phi) is 5.90. The van der Waals surface area contributed by atoms with Crippen molar-refractivity contribution in [3.8, 4) is 6.07 Å². The van der Waals surface area contributed by atoms with Gasteiger partial charge in [-0.15, -0.1) is 0 Å². The molecule has 0 aromatic carbocycles. The van der Waals surface area contributed by atoms with Crippen molar-refractivity contribution < 1.29 is 4.74 Å². The Morgan fingerprint density at radius 1 is 1.47 bits per heavy atom. The largest absolute Gasteiger partial charge is 0.374 e. The number of rotatable bonds is 6. The lowest BCUT2D eigenvalue weighted by atomic mass is 9.89. The van der Waals surface area contributed by atoms with Crippen LogP contribution in [0, 0.1) is 16.7 Å². The van der Waals surface area contributed by atoms with Crippen molar-refractivity contribution in [3.63, 3.8) is 0 Å². The van der Waals surface area contributed by atoms with E-state index in [1.54, 1.807) is 0 Å². The van der Waals surface area contributed by atoms with Crippen LogP contribution in [0.25, 0.3) is 0 Å². The van der Waals surface area contributed by atoms with E-state index >= 15 is 0 Å². The highest BCUT2D eigenvalue weighted by molar-refractivity contribution is 4.91. The van der Waals surface area contributed by atoms with Crippen LogP contribution in [0.1, 0.15) is 33.1 Å². The molecule has 2 N–H and O–H groups in total. The molecule has 0 aromatic rings. The van der Waals surface area contributed by atoms with Crippen LogP contribution in [0.15, 0.2) is 0 Å². The molecule has 4 heteroatoms. The first-order valence-electron chi connectivity index (χ1n) is 6.52. The third-order valence-corrected chi connectivity index (χ3v) is 3.31. The van der Waals surface area contributed by atoms with Crippen LogP contribution in [0.3, 0.4) is 0 Å². The number of nitriles is 1. The molecule has 98 valence electrons. The van der Waals surface area contributed by atoms with Crippen molar-refractivity contribution in [3.05, 3.63) is 0 Å². The van der Waals surface area contributed by atoms with E-state index < -0.39 is 0 Å². The molecule has 4 nitrogen and oxygen atoms in total. The molecule has 1 aliphatic rings. The minimum absolute atomic E-state index is 0.176. The maximum absolute atomic E-state index is 8.92. The summed E-state index contributed by atoms with van der Waals surface area (Å²) in [4.78, 5) is 2.42. The Bertz CT molecular complexity index is 260. The summed E-state index contributed by atoms with van der Waals surface area (Å²) in [5, 5.41) is 8.92. The van der Waals surface area contributed by atoms with E-state index in [1.807, 2.05) is 13.8 Å². The van der Waals surface area contributed by atoms with Gasteiger partial charge in [-0.3, -0.25) is 4.90 Å². The van der Waals surface area contributed by atoms with E-state index in [0.717, 1.165) is 45.5 Å². The average Bonchev–Trinajstić information content (AvgIpc) is 2.35. The fourth-order valence-electron chi connectivity index (χ4n) is 2.08. The Balaban J connectivity index is 2.12. The molecule has 0 spiro atoms. The van der Waals surface area contributed by atoms with Gasteiger partial charge >= 0.3 is 0 Å². The lowest BCUT2D eigenvalue weighted by Crippen LogP contribution is -2.45. The van der Waals surface area contributed by atoms with Crippen LogP contribution in [-0.4, -0.2) is 43.8 Å².